The van der Waals surface area contributed by atoms with Gasteiger partial charge in [-0.2, -0.15) is 5.10 Å². The van der Waals surface area contributed by atoms with Gasteiger partial charge in [-0.25, -0.2) is 9.82 Å². The molecule has 10 heteroatoms. The SMILES string of the molecule is COc1c(N2CC3CCCNC3C2)c(F)cc2c(=O)c(C(=O)N/N=C/c3c[nH]c4ccccc34)cn(C3CC3)c12. The number of amides is 1. The second-order valence-corrected chi connectivity index (χ2v) is 11.0. The quantitative estimate of drug-likeness (QED) is 0.253. The first-order valence-electron chi connectivity index (χ1n) is 13.9. The van der Waals surface area contributed by atoms with Crippen LogP contribution in [0.2, 0.25) is 0 Å². The van der Waals surface area contributed by atoms with Crippen LogP contribution in [0.5, 0.6) is 5.75 Å². The number of ether oxygens (including phenoxy) is 1. The molecular weight excluding hydrogens is 511 g/mol. The zero-order valence-electron chi connectivity index (χ0n) is 22.2. The molecular formula is C30H31FN6O3. The van der Waals surface area contributed by atoms with Gasteiger partial charge in [0, 0.05) is 54.0 Å². The van der Waals surface area contributed by atoms with Gasteiger partial charge in [-0.15, -0.1) is 0 Å². The molecule has 3 aliphatic rings. The van der Waals surface area contributed by atoms with Crippen molar-refractivity contribution in [1.29, 1.82) is 0 Å². The average molecular weight is 543 g/mol. The Labute approximate surface area is 230 Å². The fraction of sp³-hybridized carbons (Fsp3) is 0.367. The number of benzene rings is 2. The lowest BCUT2D eigenvalue weighted by Crippen LogP contribution is -2.40. The fourth-order valence-electron chi connectivity index (χ4n) is 6.38. The van der Waals surface area contributed by atoms with Crippen molar-refractivity contribution in [2.24, 2.45) is 11.0 Å². The van der Waals surface area contributed by atoms with Crippen molar-refractivity contribution >= 4 is 39.6 Å². The minimum Gasteiger partial charge on any atom is -0.492 e. The molecule has 2 unspecified atom stereocenters. The molecule has 3 fully saturated rings. The molecule has 40 heavy (non-hydrogen) atoms. The van der Waals surface area contributed by atoms with Crippen LogP contribution in [0.15, 0.2) is 52.6 Å². The molecule has 1 aliphatic carbocycles. The number of aromatic nitrogens is 2. The van der Waals surface area contributed by atoms with E-state index in [-0.39, 0.29) is 17.0 Å². The molecule has 2 atom stereocenters. The van der Waals surface area contributed by atoms with Gasteiger partial charge in [0.1, 0.15) is 11.3 Å². The third-order valence-electron chi connectivity index (χ3n) is 8.49. The van der Waals surface area contributed by atoms with E-state index >= 15 is 4.39 Å². The standard InChI is InChI=1S/C30H31FN6O3/c1-40-29-26-21(11-23(31)27(29)36-14-17-5-4-10-32-25(17)16-36)28(38)22(15-37(26)19-8-9-19)30(39)35-34-13-18-12-33-24-7-3-2-6-20(18)24/h2-3,6-7,11-13,15,17,19,25,32-33H,4-5,8-10,14,16H2,1H3,(H,35,39)/b34-13+. The normalized spacial score (nSPS) is 20.9. The summed E-state index contributed by atoms with van der Waals surface area (Å²) in [6.07, 6.45) is 8.96. The monoisotopic (exact) mass is 542 g/mol. The summed E-state index contributed by atoms with van der Waals surface area (Å²) < 4.78 is 23.6. The fourth-order valence-corrected chi connectivity index (χ4v) is 6.38. The predicted octanol–water partition coefficient (Wildman–Crippen LogP) is 3.92. The van der Waals surface area contributed by atoms with Crippen molar-refractivity contribution in [3.8, 4) is 5.75 Å². The lowest BCUT2D eigenvalue weighted by molar-refractivity contribution is 0.0953. The summed E-state index contributed by atoms with van der Waals surface area (Å²) >= 11 is 0. The van der Waals surface area contributed by atoms with E-state index in [1.807, 2.05) is 33.7 Å². The Kier molecular flexibility index (Phi) is 6.07. The number of pyridine rings is 1. The van der Waals surface area contributed by atoms with Crippen LogP contribution in [-0.4, -0.2) is 54.5 Å². The van der Waals surface area contributed by atoms with Gasteiger partial charge in [-0.3, -0.25) is 9.59 Å². The molecule has 3 N–H and O–H groups in total. The number of hydrogen-bond donors (Lipinski definition) is 3. The number of nitrogens with zero attached hydrogens (tertiary/aromatic N) is 3. The number of carbonyl (C=O) groups excluding carboxylic acids is 1. The van der Waals surface area contributed by atoms with Crippen molar-refractivity contribution in [3.05, 3.63) is 69.9 Å². The van der Waals surface area contributed by atoms with E-state index in [4.69, 9.17) is 4.74 Å². The van der Waals surface area contributed by atoms with Crippen LogP contribution in [0, 0.1) is 11.7 Å². The van der Waals surface area contributed by atoms with Crippen molar-refractivity contribution in [2.45, 2.75) is 37.8 Å². The maximum Gasteiger partial charge on any atom is 0.276 e. The average Bonchev–Trinajstić information content (AvgIpc) is 3.59. The largest absolute Gasteiger partial charge is 0.492 e. The van der Waals surface area contributed by atoms with Gasteiger partial charge in [0.2, 0.25) is 5.43 Å². The number of rotatable bonds is 6. The Morgan fingerprint density at radius 1 is 1.20 bits per heavy atom. The highest BCUT2D eigenvalue weighted by Gasteiger charge is 2.38. The summed E-state index contributed by atoms with van der Waals surface area (Å²) in [5, 5.41) is 8.76. The summed E-state index contributed by atoms with van der Waals surface area (Å²) in [6, 6.07) is 9.46. The van der Waals surface area contributed by atoms with Gasteiger partial charge in [-0.1, -0.05) is 18.2 Å². The van der Waals surface area contributed by atoms with Gasteiger partial charge < -0.3 is 24.5 Å². The minimum atomic E-state index is -0.643. The van der Waals surface area contributed by atoms with Gasteiger partial charge in [0.05, 0.1) is 24.2 Å². The molecule has 2 aromatic heterocycles. The summed E-state index contributed by atoms with van der Waals surface area (Å²) in [4.78, 5) is 32.0. The lowest BCUT2D eigenvalue weighted by Gasteiger charge is -2.25. The molecule has 4 aromatic rings. The number of nitrogens with one attached hydrogen (secondary N) is 3. The third kappa shape index (κ3) is 4.14. The molecule has 2 saturated heterocycles. The molecule has 1 amide bonds. The molecule has 0 radical (unpaired) electrons. The molecule has 1 saturated carbocycles. The first kappa shape index (κ1) is 24.8. The number of aromatic amines is 1. The Bertz CT molecular complexity index is 1710. The van der Waals surface area contributed by atoms with Gasteiger partial charge in [0.25, 0.3) is 5.91 Å². The highest BCUT2D eigenvalue weighted by Crippen LogP contribution is 2.45. The van der Waals surface area contributed by atoms with E-state index in [1.54, 1.807) is 12.4 Å². The maximum absolute atomic E-state index is 15.8. The van der Waals surface area contributed by atoms with Crippen LogP contribution in [0.25, 0.3) is 21.8 Å². The van der Waals surface area contributed by atoms with Gasteiger partial charge in [0.15, 0.2) is 11.6 Å². The Morgan fingerprint density at radius 3 is 2.85 bits per heavy atom. The lowest BCUT2D eigenvalue weighted by atomic mass is 9.94. The van der Waals surface area contributed by atoms with Crippen LogP contribution in [0.1, 0.15) is 47.6 Å². The van der Waals surface area contributed by atoms with Gasteiger partial charge in [-0.05, 0) is 50.3 Å². The number of hydrogen-bond acceptors (Lipinski definition) is 6. The number of halogens is 1. The van der Waals surface area contributed by atoms with E-state index in [9.17, 15) is 9.59 Å². The zero-order chi connectivity index (χ0) is 27.4. The van der Waals surface area contributed by atoms with E-state index in [1.165, 1.54) is 19.4 Å². The smallest absolute Gasteiger partial charge is 0.276 e. The first-order valence-corrected chi connectivity index (χ1v) is 13.9. The van der Waals surface area contributed by atoms with Crippen LogP contribution in [0.4, 0.5) is 10.1 Å². The van der Waals surface area contributed by atoms with Gasteiger partial charge >= 0.3 is 0 Å². The summed E-state index contributed by atoms with van der Waals surface area (Å²) in [5.41, 5.74) is 4.54. The summed E-state index contributed by atoms with van der Waals surface area (Å²) in [6.45, 7) is 2.40. The van der Waals surface area contributed by atoms with E-state index in [0.29, 0.717) is 35.5 Å². The van der Waals surface area contributed by atoms with Crippen LogP contribution < -0.4 is 25.8 Å². The number of fused-ring (bicyclic) bond motifs is 3. The Morgan fingerprint density at radius 2 is 2.05 bits per heavy atom. The molecule has 0 bridgehead atoms. The Hall–Kier alpha value is -4.18. The Balaban J connectivity index is 1.26. The van der Waals surface area contributed by atoms with Crippen molar-refractivity contribution in [3.63, 3.8) is 0 Å². The highest BCUT2D eigenvalue weighted by molar-refractivity contribution is 6.02. The number of methoxy groups -OCH3 is 1. The zero-order valence-corrected chi connectivity index (χ0v) is 22.2. The first-order chi connectivity index (χ1) is 19.5. The molecule has 206 valence electrons. The number of para-hydroxylation sites is 1. The van der Waals surface area contributed by atoms with E-state index in [0.717, 1.165) is 55.2 Å². The number of piperidine rings is 1. The molecule has 7 rings (SSSR count). The van der Waals surface area contributed by atoms with Crippen LogP contribution >= 0.6 is 0 Å². The second-order valence-electron chi connectivity index (χ2n) is 11.0. The van der Waals surface area contributed by atoms with Crippen LogP contribution in [0.3, 0.4) is 0 Å². The molecule has 2 aliphatic heterocycles. The van der Waals surface area contributed by atoms with Crippen LogP contribution in [-0.2, 0) is 0 Å². The number of hydrazone groups is 1. The molecule has 2 aromatic carbocycles. The maximum atomic E-state index is 15.8. The van der Waals surface area contributed by atoms with Crippen molar-refractivity contribution in [1.82, 2.24) is 20.3 Å². The molecule has 0 spiro atoms. The van der Waals surface area contributed by atoms with E-state index < -0.39 is 17.2 Å². The molecule has 9 nitrogen and oxygen atoms in total. The van der Waals surface area contributed by atoms with E-state index in [2.05, 4.69) is 20.8 Å². The summed E-state index contributed by atoms with van der Waals surface area (Å²) in [5.74, 6) is -0.357. The predicted molar refractivity (Wildman–Crippen MR) is 153 cm³/mol. The summed E-state index contributed by atoms with van der Waals surface area (Å²) in [7, 11) is 1.51. The number of anilines is 1. The second kappa shape index (κ2) is 9.78. The minimum absolute atomic E-state index is 0.0823. The molecule has 4 heterocycles. The number of H-pyrrole nitrogens is 1. The highest BCUT2D eigenvalue weighted by atomic mass is 19.1. The number of carbonyl (C=O) groups is 1. The third-order valence-corrected chi connectivity index (χ3v) is 8.49. The van der Waals surface area contributed by atoms with Crippen molar-refractivity contribution < 1.29 is 13.9 Å². The van der Waals surface area contributed by atoms with Crippen molar-refractivity contribution in [2.75, 3.05) is 31.6 Å². The topological polar surface area (TPSA) is 104 Å².